The van der Waals surface area contributed by atoms with Crippen molar-refractivity contribution in [3.05, 3.63) is 75.7 Å². The maximum atomic E-state index is 13.0. The monoisotopic (exact) mass is 511 g/mol. The lowest BCUT2D eigenvalue weighted by atomic mass is 10.1. The summed E-state index contributed by atoms with van der Waals surface area (Å²) < 4.78 is 3.49. The summed E-state index contributed by atoms with van der Waals surface area (Å²) in [5, 5.41) is 4.84. The topological polar surface area (TPSA) is 38.1 Å². The summed E-state index contributed by atoms with van der Waals surface area (Å²) in [6.45, 7) is 2.83. The van der Waals surface area contributed by atoms with Gasteiger partial charge in [0.05, 0.1) is 16.3 Å². The van der Waals surface area contributed by atoms with Gasteiger partial charge < -0.3 is 0 Å². The van der Waals surface area contributed by atoms with Crippen molar-refractivity contribution >= 4 is 56.2 Å². The fourth-order valence-electron chi connectivity index (χ4n) is 3.39. The third kappa shape index (κ3) is 5.00. The highest BCUT2D eigenvalue weighted by atomic mass is 79.9. The van der Waals surface area contributed by atoms with E-state index in [0.29, 0.717) is 15.8 Å². The highest BCUT2D eigenvalue weighted by Gasteiger charge is 2.31. The molecule has 4 rings (SSSR count). The number of hydrogen-bond donors (Lipinski definition) is 0. The predicted molar refractivity (Wildman–Crippen MR) is 136 cm³/mol. The van der Waals surface area contributed by atoms with Gasteiger partial charge >= 0.3 is 0 Å². The number of carbonyl (C=O) groups is 1. The van der Waals surface area contributed by atoms with E-state index >= 15 is 0 Å². The van der Waals surface area contributed by atoms with Gasteiger partial charge in [0.15, 0.2) is 0 Å². The van der Waals surface area contributed by atoms with E-state index in [0.717, 1.165) is 46.2 Å². The van der Waals surface area contributed by atoms with Gasteiger partial charge in [-0.2, -0.15) is 5.10 Å². The SMILES string of the molecule is CCCCCN1C(=O)/C(=C\c2cn(-c3ccccc3)nc2-c2ccc(Br)cc2)SC1=S. The number of hydrogen-bond acceptors (Lipinski definition) is 4. The molecule has 0 saturated carbocycles. The van der Waals surface area contributed by atoms with Crippen molar-refractivity contribution in [2.45, 2.75) is 26.2 Å². The molecule has 0 atom stereocenters. The van der Waals surface area contributed by atoms with Crippen molar-refractivity contribution in [1.29, 1.82) is 0 Å². The normalized spacial score (nSPS) is 15.3. The van der Waals surface area contributed by atoms with E-state index in [9.17, 15) is 4.79 Å². The van der Waals surface area contributed by atoms with Crippen molar-refractivity contribution in [1.82, 2.24) is 14.7 Å². The van der Waals surface area contributed by atoms with Gasteiger partial charge in [-0.25, -0.2) is 4.68 Å². The maximum absolute atomic E-state index is 13.0. The van der Waals surface area contributed by atoms with Gasteiger partial charge in [-0.15, -0.1) is 0 Å². The van der Waals surface area contributed by atoms with Crippen LogP contribution in [0.5, 0.6) is 0 Å². The predicted octanol–water partition coefficient (Wildman–Crippen LogP) is 6.69. The van der Waals surface area contributed by atoms with E-state index in [-0.39, 0.29) is 5.91 Å². The molecule has 31 heavy (non-hydrogen) atoms. The van der Waals surface area contributed by atoms with Crippen LogP contribution in [0.25, 0.3) is 23.0 Å². The van der Waals surface area contributed by atoms with E-state index in [1.54, 1.807) is 4.90 Å². The minimum Gasteiger partial charge on any atom is -0.293 e. The fraction of sp³-hybridized carbons (Fsp3) is 0.208. The number of carbonyl (C=O) groups excluding carboxylic acids is 1. The van der Waals surface area contributed by atoms with Crippen LogP contribution >= 0.6 is 39.9 Å². The average Bonchev–Trinajstić information content (AvgIpc) is 3.31. The van der Waals surface area contributed by atoms with Crippen LogP contribution in [0.15, 0.2) is 70.2 Å². The number of para-hydroxylation sites is 1. The molecular weight excluding hydrogens is 490 g/mol. The lowest BCUT2D eigenvalue weighted by Crippen LogP contribution is -2.28. The first kappa shape index (κ1) is 22.0. The smallest absolute Gasteiger partial charge is 0.266 e. The lowest BCUT2D eigenvalue weighted by molar-refractivity contribution is -0.122. The molecule has 1 aliphatic heterocycles. The number of aromatic nitrogens is 2. The van der Waals surface area contributed by atoms with Gasteiger partial charge in [-0.05, 0) is 36.8 Å². The quantitative estimate of drug-likeness (QED) is 0.201. The molecular formula is C24H22BrN3OS2. The van der Waals surface area contributed by atoms with Gasteiger partial charge in [0, 0.05) is 28.3 Å². The van der Waals surface area contributed by atoms with Gasteiger partial charge in [0.25, 0.3) is 5.91 Å². The molecule has 0 aliphatic carbocycles. The zero-order valence-electron chi connectivity index (χ0n) is 17.1. The summed E-state index contributed by atoms with van der Waals surface area (Å²) >= 11 is 10.3. The van der Waals surface area contributed by atoms with Crippen LogP contribution in [-0.2, 0) is 4.79 Å². The number of thioether (sulfide) groups is 1. The minimum absolute atomic E-state index is 0.0136. The molecule has 1 saturated heterocycles. The number of nitrogens with zero attached hydrogens (tertiary/aromatic N) is 3. The number of benzene rings is 2. The molecule has 1 fully saturated rings. The Kier molecular flexibility index (Phi) is 7.05. The van der Waals surface area contributed by atoms with Crippen LogP contribution < -0.4 is 0 Å². The Hall–Kier alpha value is -2.22. The Balaban J connectivity index is 1.71. The molecule has 3 aromatic rings. The standard InChI is InChI=1S/C24H22BrN3OS2/c1-2-3-7-14-27-23(29)21(31-24(27)30)15-18-16-28(20-8-5-4-6-9-20)26-22(18)17-10-12-19(25)13-11-17/h4-6,8-13,15-16H,2-3,7,14H2,1H3/b21-15+. The van der Waals surface area contributed by atoms with Crippen LogP contribution in [0, 0.1) is 0 Å². The second-order valence-corrected chi connectivity index (χ2v) is 9.85. The van der Waals surface area contributed by atoms with Crippen LogP contribution in [0.4, 0.5) is 0 Å². The highest BCUT2D eigenvalue weighted by Crippen LogP contribution is 2.35. The van der Waals surface area contributed by atoms with Crippen LogP contribution in [0.3, 0.4) is 0 Å². The molecule has 4 nitrogen and oxygen atoms in total. The van der Waals surface area contributed by atoms with Gasteiger partial charge in [0.1, 0.15) is 4.32 Å². The zero-order chi connectivity index (χ0) is 21.8. The number of halogens is 1. The fourth-order valence-corrected chi connectivity index (χ4v) is 4.96. The summed E-state index contributed by atoms with van der Waals surface area (Å²) in [5.41, 5.74) is 3.67. The van der Waals surface area contributed by atoms with Crippen molar-refractivity contribution in [2.75, 3.05) is 6.54 Å². The molecule has 0 unspecified atom stereocenters. The minimum atomic E-state index is -0.0136. The first-order valence-electron chi connectivity index (χ1n) is 10.2. The average molecular weight is 512 g/mol. The van der Waals surface area contributed by atoms with E-state index < -0.39 is 0 Å². The van der Waals surface area contributed by atoms with E-state index in [1.165, 1.54) is 11.8 Å². The summed E-state index contributed by atoms with van der Waals surface area (Å²) in [6, 6.07) is 18.0. The van der Waals surface area contributed by atoms with Crippen molar-refractivity contribution in [2.24, 2.45) is 0 Å². The molecule has 7 heteroatoms. The van der Waals surface area contributed by atoms with Crippen molar-refractivity contribution in [3.63, 3.8) is 0 Å². The molecule has 0 N–H and O–H groups in total. The zero-order valence-corrected chi connectivity index (χ0v) is 20.3. The molecule has 1 aliphatic rings. The third-order valence-corrected chi connectivity index (χ3v) is 6.93. The molecule has 2 heterocycles. The summed E-state index contributed by atoms with van der Waals surface area (Å²) in [7, 11) is 0. The molecule has 0 bridgehead atoms. The van der Waals surface area contributed by atoms with Crippen LogP contribution in [-0.4, -0.2) is 31.5 Å². The van der Waals surface area contributed by atoms with E-state index in [2.05, 4.69) is 22.9 Å². The summed E-state index contributed by atoms with van der Waals surface area (Å²) in [4.78, 5) is 15.4. The number of unbranched alkanes of at least 4 members (excludes halogenated alkanes) is 2. The molecule has 1 amide bonds. The number of rotatable bonds is 7. The summed E-state index contributed by atoms with van der Waals surface area (Å²) in [6.07, 6.45) is 7.05. The Labute approximate surface area is 200 Å². The highest BCUT2D eigenvalue weighted by molar-refractivity contribution is 9.10. The third-order valence-electron chi connectivity index (χ3n) is 5.03. The van der Waals surface area contributed by atoms with E-state index in [4.69, 9.17) is 17.3 Å². The van der Waals surface area contributed by atoms with Gasteiger partial charge in [-0.3, -0.25) is 9.69 Å². The number of amides is 1. The van der Waals surface area contributed by atoms with Gasteiger partial charge in [-0.1, -0.05) is 90.0 Å². The Morgan fingerprint density at radius 1 is 1.10 bits per heavy atom. The molecule has 2 aromatic carbocycles. The van der Waals surface area contributed by atoms with E-state index in [1.807, 2.05) is 71.6 Å². The number of thiocarbonyl (C=S) groups is 1. The first-order chi connectivity index (χ1) is 15.1. The first-order valence-corrected chi connectivity index (χ1v) is 12.2. The largest absolute Gasteiger partial charge is 0.293 e. The maximum Gasteiger partial charge on any atom is 0.266 e. The van der Waals surface area contributed by atoms with Crippen LogP contribution in [0.1, 0.15) is 31.7 Å². The Morgan fingerprint density at radius 3 is 2.55 bits per heavy atom. The van der Waals surface area contributed by atoms with Crippen molar-refractivity contribution in [3.8, 4) is 16.9 Å². The molecule has 158 valence electrons. The van der Waals surface area contributed by atoms with Gasteiger partial charge in [0.2, 0.25) is 0 Å². The molecule has 0 spiro atoms. The Bertz CT molecular complexity index is 1120. The second-order valence-electron chi connectivity index (χ2n) is 7.26. The molecule has 0 radical (unpaired) electrons. The second kappa shape index (κ2) is 9.94. The molecule has 1 aromatic heterocycles. The summed E-state index contributed by atoms with van der Waals surface area (Å²) in [5.74, 6) is -0.0136. The van der Waals surface area contributed by atoms with Crippen molar-refractivity contribution < 1.29 is 4.79 Å². The Morgan fingerprint density at radius 2 is 1.84 bits per heavy atom. The lowest BCUT2D eigenvalue weighted by Gasteiger charge is -2.13. The van der Waals surface area contributed by atoms with Crippen LogP contribution in [0.2, 0.25) is 0 Å².